The fourth-order valence-corrected chi connectivity index (χ4v) is 4.06. The number of ether oxygens (including phenoxy) is 1. The summed E-state index contributed by atoms with van der Waals surface area (Å²) < 4.78 is 5.61. The number of benzene rings is 3. The molecule has 0 radical (unpaired) electrons. The number of hydrogen-bond acceptors (Lipinski definition) is 3. The molecule has 0 aromatic heterocycles. The van der Waals surface area contributed by atoms with Crippen molar-refractivity contribution in [1.82, 2.24) is 5.32 Å². The Labute approximate surface area is 160 Å². The van der Waals surface area contributed by atoms with Crippen molar-refractivity contribution in [3.8, 4) is 0 Å². The van der Waals surface area contributed by atoms with Crippen LogP contribution in [0.5, 0.6) is 0 Å². The second kappa shape index (κ2) is 7.77. The molecule has 1 heterocycles. The quantitative estimate of drug-likeness (QED) is 0.679. The van der Waals surface area contributed by atoms with Gasteiger partial charge in [0.2, 0.25) is 0 Å². The molecule has 1 atom stereocenters. The molecule has 1 fully saturated rings. The minimum Gasteiger partial charge on any atom is -0.464 e. The van der Waals surface area contributed by atoms with Crippen LogP contribution in [0.1, 0.15) is 16.7 Å². The van der Waals surface area contributed by atoms with E-state index in [1.807, 2.05) is 78.9 Å². The zero-order valence-electron chi connectivity index (χ0n) is 15.2. The number of hydrogen-bond donors (Lipinski definition) is 1. The average molecular weight is 357 g/mol. The van der Waals surface area contributed by atoms with Gasteiger partial charge in [-0.05, 0) is 16.7 Å². The van der Waals surface area contributed by atoms with Crippen molar-refractivity contribution < 1.29 is 9.53 Å². The van der Waals surface area contributed by atoms with Crippen LogP contribution in [0.2, 0.25) is 0 Å². The molecule has 1 saturated heterocycles. The predicted molar refractivity (Wildman–Crippen MR) is 106 cm³/mol. The Bertz CT molecular complexity index is 839. The van der Waals surface area contributed by atoms with Gasteiger partial charge < -0.3 is 10.1 Å². The Kier molecular flexibility index (Phi) is 5.03. The van der Waals surface area contributed by atoms with Crippen LogP contribution in [0.4, 0.5) is 0 Å². The highest BCUT2D eigenvalue weighted by molar-refractivity contribution is 5.90. The zero-order chi connectivity index (χ0) is 18.5. The SMILES string of the molecule is O=C1OCC(CNCc2ccccc2)C1(c1ccccc1)c1ccccc1. The highest BCUT2D eigenvalue weighted by Crippen LogP contribution is 2.44. The van der Waals surface area contributed by atoms with E-state index in [4.69, 9.17) is 4.74 Å². The minimum absolute atomic E-state index is 0.0264. The van der Waals surface area contributed by atoms with Gasteiger partial charge in [0.1, 0.15) is 5.41 Å². The lowest BCUT2D eigenvalue weighted by Gasteiger charge is -2.32. The lowest BCUT2D eigenvalue weighted by atomic mass is 9.67. The molecule has 0 spiro atoms. The fraction of sp³-hybridized carbons (Fsp3) is 0.208. The number of cyclic esters (lactones) is 1. The van der Waals surface area contributed by atoms with Gasteiger partial charge in [-0.25, -0.2) is 0 Å². The van der Waals surface area contributed by atoms with Gasteiger partial charge in [0.05, 0.1) is 6.61 Å². The second-order valence-corrected chi connectivity index (χ2v) is 6.95. The van der Waals surface area contributed by atoms with E-state index in [0.717, 1.165) is 17.7 Å². The molecule has 4 rings (SSSR count). The lowest BCUT2D eigenvalue weighted by Crippen LogP contribution is -2.43. The van der Waals surface area contributed by atoms with E-state index < -0.39 is 5.41 Å². The van der Waals surface area contributed by atoms with E-state index in [-0.39, 0.29) is 11.9 Å². The summed E-state index contributed by atoms with van der Waals surface area (Å²) in [5.74, 6) is -0.134. The van der Waals surface area contributed by atoms with Gasteiger partial charge in [0, 0.05) is 19.0 Å². The molecule has 3 aromatic carbocycles. The summed E-state index contributed by atoms with van der Waals surface area (Å²) in [6.07, 6.45) is 0. The van der Waals surface area contributed by atoms with E-state index in [9.17, 15) is 4.79 Å². The van der Waals surface area contributed by atoms with Gasteiger partial charge >= 0.3 is 5.97 Å². The first kappa shape index (κ1) is 17.5. The average Bonchev–Trinajstić information content (AvgIpc) is 3.07. The first-order valence-electron chi connectivity index (χ1n) is 9.34. The van der Waals surface area contributed by atoms with Gasteiger partial charge in [0.15, 0.2) is 0 Å². The maximum absolute atomic E-state index is 13.1. The van der Waals surface area contributed by atoms with Crippen LogP contribution < -0.4 is 5.32 Å². The Morgan fingerprint density at radius 1 is 0.815 bits per heavy atom. The van der Waals surface area contributed by atoms with Crippen LogP contribution in [0.25, 0.3) is 0 Å². The summed E-state index contributed by atoms with van der Waals surface area (Å²) in [7, 11) is 0. The number of rotatable bonds is 6. The molecule has 136 valence electrons. The fourth-order valence-electron chi connectivity index (χ4n) is 4.06. The maximum Gasteiger partial charge on any atom is 0.321 e. The second-order valence-electron chi connectivity index (χ2n) is 6.95. The molecule has 27 heavy (non-hydrogen) atoms. The largest absolute Gasteiger partial charge is 0.464 e. The highest BCUT2D eigenvalue weighted by Gasteiger charge is 2.54. The molecule has 1 unspecified atom stereocenters. The van der Waals surface area contributed by atoms with E-state index in [2.05, 4.69) is 17.4 Å². The monoisotopic (exact) mass is 357 g/mol. The van der Waals surface area contributed by atoms with Gasteiger partial charge in [-0.15, -0.1) is 0 Å². The van der Waals surface area contributed by atoms with Crippen LogP contribution in [0.15, 0.2) is 91.0 Å². The maximum atomic E-state index is 13.1. The van der Waals surface area contributed by atoms with Crippen molar-refractivity contribution in [1.29, 1.82) is 0 Å². The van der Waals surface area contributed by atoms with Crippen molar-refractivity contribution in [2.24, 2.45) is 5.92 Å². The third-order valence-corrected chi connectivity index (χ3v) is 5.37. The summed E-state index contributed by atoms with van der Waals surface area (Å²) in [6.45, 7) is 1.89. The Balaban J connectivity index is 1.66. The highest BCUT2D eigenvalue weighted by atomic mass is 16.5. The van der Waals surface area contributed by atoms with Crippen molar-refractivity contribution in [2.45, 2.75) is 12.0 Å². The van der Waals surface area contributed by atoms with Gasteiger partial charge in [0.25, 0.3) is 0 Å². The van der Waals surface area contributed by atoms with Crippen molar-refractivity contribution in [3.63, 3.8) is 0 Å². The third-order valence-electron chi connectivity index (χ3n) is 5.37. The van der Waals surface area contributed by atoms with Crippen molar-refractivity contribution >= 4 is 5.97 Å². The number of carbonyl (C=O) groups excluding carboxylic acids is 1. The number of nitrogens with one attached hydrogen (secondary N) is 1. The van der Waals surface area contributed by atoms with Crippen LogP contribution in [-0.4, -0.2) is 19.1 Å². The molecular formula is C24H23NO2. The van der Waals surface area contributed by atoms with Crippen molar-refractivity contribution in [3.05, 3.63) is 108 Å². The topological polar surface area (TPSA) is 38.3 Å². The molecule has 1 aliphatic rings. The molecule has 3 aromatic rings. The van der Waals surface area contributed by atoms with Crippen molar-refractivity contribution in [2.75, 3.05) is 13.2 Å². The molecule has 0 amide bonds. The number of carbonyl (C=O) groups is 1. The summed E-state index contributed by atoms with van der Waals surface area (Å²) in [6, 6.07) is 30.3. The van der Waals surface area contributed by atoms with Gasteiger partial charge in [-0.2, -0.15) is 0 Å². The molecule has 0 bridgehead atoms. The molecule has 3 nitrogen and oxygen atoms in total. The minimum atomic E-state index is -0.772. The van der Waals surface area contributed by atoms with Crippen LogP contribution in [0.3, 0.4) is 0 Å². The number of esters is 1. The lowest BCUT2D eigenvalue weighted by molar-refractivity contribution is -0.141. The van der Waals surface area contributed by atoms with Gasteiger partial charge in [-0.1, -0.05) is 91.0 Å². The third kappa shape index (κ3) is 3.26. The van der Waals surface area contributed by atoms with E-state index in [1.165, 1.54) is 5.56 Å². The summed E-state index contributed by atoms with van der Waals surface area (Å²) in [4.78, 5) is 13.1. The Hall–Kier alpha value is -2.91. The molecular weight excluding hydrogens is 334 g/mol. The predicted octanol–water partition coefficient (Wildman–Crippen LogP) is 3.94. The van der Waals surface area contributed by atoms with Crippen LogP contribution >= 0.6 is 0 Å². The van der Waals surface area contributed by atoms with Crippen LogP contribution in [-0.2, 0) is 21.5 Å². The Morgan fingerprint density at radius 2 is 1.33 bits per heavy atom. The van der Waals surface area contributed by atoms with Crippen LogP contribution in [0, 0.1) is 5.92 Å². The molecule has 1 N–H and O–H groups in total. The first-order chi connectivity index (χ1) is 13.3. The molecule has 1 aliphatic heterocycles. The standard InChI is InChI=1S/C24H23NO2/c26-23-24(20-12-6-2-7-13-20,21-14-8-3-9-15-21)22(18-27-23)17-25-16-19-10-4-1-5-11-19/h1-15,22,25H,16-18H2. The van der Waals surface area contributed by atoms with E-state index in [0.29, 0.717) is 13.2 Å². The molecule has 0 aliphatic carbocycles. The normalized spacial score (nSPS) is 18.2. The summed E-state index contributed by atoms with van der Waals surface area (Å²) in [5.41, 5.74) is 2.44. The smallest absolute Gasteiger partial charge is 0.321 e. The zero-order valence-corrected chi connectivity index (χ0v) is 15.2. The summed E-state index contributed by atoms with van der Waals surface area (Å²) in [5, 5.41) is 3.53. The molecule has 3 heteroatoms. The first-order valence-corrected chi connectivity index (χ1v) is 9.34. The molecule has 0 saturated carbocycles. The summed E-state index contributed by atoms with van der Waals surface area (Å²) >= 11 is 0. The Morgan fingerprint density at radius 3 is 1.89 bits per heavy atom. The van der Waals surface area contributed by atoms with E-state index >= 15 is 0 Å². The van der Waals surface area contributed by atoms with Gasteiger partial charge in [-0.3, -0.25) is 4.79 Å². The van der Waals surface area contributed by atoms with E-state index in [1.54, 1.807) is 0 Å².